The van der Waals surface area contributed by atoms with Gasteiger partial charge in [0.15, 0.2) is 0 Å². The van der Waals surface area contributed by atoms with Crippen LogP contribution in [0.15, 0.2) is 11.4 Å². The van der Waals surface area contributed by atoms with Crippen molar-refractivity contribution in [2.45, 2.75) is 26.1 Å². The third-order valence-corrected chi connectivity index (χ3v) is 2.85. The minimum absolute atomic E-state index is 0.0564. The summed E-state index contributed by atoms with van der Waals surface area (Å²) in [5.41, 5.74) is 0.975. The molecule has 1 aromatic rings. The zero-order valence-electron chi connectivity index (χ0n) is 8.02. The Morgan fingerprint density at radius 1 is 1.53 bits per heavy atom. The van der Waals surface area contributed by atoms with Crippen molar-refractivity contribution in [3.8, 4) is 0 Å². The lowest BCUT2D eigenvalue weighted by Gasteiger charge is -2.07. The largest absolute Gasteiger partial charge is 0.471 e. The van der Waals surface area contributed by atoms with Crippen molar-refractivity contribution in [2.75, 3.05) is 0 Å². The van der Waals surface area contributed by atoms with Crippen LogP contribution in [-0.4, -0.2) is 12.1 Å². The quantitative estimate of drug-likeness (QED) is 0.859. The maximum atomic E-state index is 11.9. The molecule has 1 N–H and O–H groups in total. The fourth-order valence-corrected chi connectivity index (χ4v) is 2.01. The Morgan fingerprint density at radius 2 is 2.20 bits per heavy atom. The summed E-state index contributed by atoms with van der Waals surface area (Å²) in [5.74, 6) is -1.89. The molecule has 0 aliphatic rings. The second-order valence-corrected chi connectivity index (χ2v) is 3.90. The number of carbonyl (C=O) groups is 1. The van der Waals surface area contributed by atoms with E-state index in [-0.39, 0.29) is 6.54 Å². The number of carbonyl (C=O) groups excluding carboxylic acids is 1. The first-order valence-electron chi connectivity index (χ1n) is 4.35. The summed E-state index contributed by atoms with van der Waals surface area (Å²) in [6.07, 6.45) is -4.05. The van der Waals surface area contributed by atoms with Gasteiger partial charge in [0.2, 0.25) is 0 Å². The molecular weight excluding hydrogens is 227 g/mol. The van der Waals surface area contributed by atoms with E-state index in [0.29, 0.717) is 0 Å². The Labute approximate surface area is 89.1 Å². The molecule has 0 aliphatic heterocycles. The van der Waals surface area contributed by atoms with E-state index in [1.165, 1.54) is 11.3 Å². The number of hydrogen-bond acceptors (Lipinski definition) is 2. The molecule has 0 radical (unpaired) electrons. The first kappa shape index (κ1) is 12.0. The lowest BCUT2D eigenvalue weighted by atomic mass is 10.2. The van der Waals surface area contributed by atoms with Crippen LogP contribution < -0.4 is 5.32 Å². The molecule has 84 valence electrons. The normalized spacial score (nSPS) is 11.5. The van der Waals surface area contributed by atoms with Gasteiger partial charge in [-0.15, -0.1) is 11.3 Å². The highest BCUT2D eigenvalue weighted by atomic mass is 32.1. The van der Waals surface area contributed by atoms with Crippen LogP contribution in [0.5, 0.6) is 0 Å². The Bertz CT molecular complexity index is 345. The van der Waals surface area contributed by atoms with Crippen LogP contribution in [-0.2, 0) is 17.8 Å². The average molecular weight is 237 g/mol. The third-order valence-electron chi connectivity index (χ3n) is 1.89. The highest BCUT2D eigenvalue weighted by Gasteiger charge is 2.38. The van der Waals surface area contributed by atoms with Gasteiger partial charge >= 0.3 is 12.1 Å². The summed E-state index contributed by atoms with van der Waals surface area (Å²) in [5, 5.41) is 3.65. The van der Waals surface area contributed by atoms with E-state index in [1.807, 2.05) is 18.3 Å². The minimum Gasteiger partial charge on any atom is -0.343 e. The monoisotopic (exact) mass is 237 g/mol. The second-order valence-electron chi connectivity index (χ2n) is 2.90. The molecule has 0 spiro atoms. The first-order valence-corrected chi connectivity index (χ1v) is 5.23. The van der Waals surface area contributed by atoms with Gasteiger partial charge in [-0.25, -0.2) is 0 Å². The van der Waals surface area contributed by atoms with Crippen LogP contribution in [0.2, 0.25) is 0 Å². The summed E-state index contributed by atoms with van der Waals surface area (Å²) in [4.78, 5) is 11.3. The summed E-state index contributed by atoms with van der Waals surface area (Å²) >= 11 is 1.34. The van der Waals surface area contributed by atoms with Crippen LogP contribution >= 0.6 is 11.3 Å². The molecule has 0 unspecified atom stereocenters. The van der Waals surface area contributed by atoms with Crippen LogP contribution in [0.4, 0.5) is 13.2 Å². The lowest BCUT2D eigenvalue weighted by Crippen LogP contribution is -2.36. The topological polar surface area (TPSA) is 29.1 Å². The van der Waals surface area contributed by atoms with E-state index in [1.54, 1.807) is 5.38 Å². The molecule has 0 aliphatic carbocycles. The number of thiophene rings is 1. The van der Waals surface area contributed by atoms with E-state index in [4.69, 9.17) is 0 Å². The van der Waals surface area contributed by atoms with Gasteiger partial charge in [-0.3, -0.25) is 4.79 Å². The molecule has 0 atom stereocenters. The predicted octanol–water partition coefficient (Wildman–Crippen LogP) is 2.49. The van der Waals surface area contributed by atoms with Gasteiger partial charge in [0.05, 0.1) is 6.54 Å². The SMILES string of the molecule is CCc1ccsc1CNC(=O)C(F)(F)F. The van der Waals surface area contributed by atoms with E-state index in [0.717, 1.165) is 16.9 Å². The Morgan fingerprint density at radius 3 is 2.73 bits per heavy atom. The number of hydrogen-bond donors (Lipinski definition) is 1. The zero-order chi connectivity index (χ0) is 11.5. The number of amides is 1. The first-order chi connectivity index (χ1) is 6.95. The fraction of sp³-hybridized carbons (Fsp3) is 0.444. The molecule has 0 saturated heterocycles. The molecule has 2 nitrogen and oxygen atoms in total. The van der Waals surface area contributed by atoms with Crippen molar-refractivity contribution in [1.29, 1.82) is 0 Å². The molecule has 0 aromatic carbocycles. The van der Waals surface area contributed by atoms with E-state index < -0.39 is 12.1 Å². The number of aryl methyl sites for hydroxylation is 1. The minimum atomic E-state index is -4.80. The zero-order valence-corrected chi connectivity index (χ0v) is 8.84. The molecular formula is C9H10F3NOS. The van der Waals surface area contributed by atoms with E-state index >= 15 is 0 Å². The van der Waals surface area contributed by atoms with Crippen LogP contribution in [0.3, 0.4) is 0 Å². The lowest BCUT2D eigenvalue weighted by molar-refractivity contribution is -0.173. The predicted molar refractivity (Wildman–Crippen MR) is 51.6 cm³/mol. The van der Waals surface area contributed by atoms with Crippen molar-refractivity contribution < 1.29 is 18.0 Å². The van der Waals surface area contributed by atoms with Gasteiger partial charge in [-0.2, -0.15) is 13.2 Å². The van der Waals surface area contributed by atoms with Gasteiger partial charge in [0.1, 0.15) is 0 Å². The number of rotatable bonds is 3. The van der Waals surface area contributed by atoms with Gasteiger partial charge in [0, 0.05) is 4.88 Å². The summed E-state index contributed by atoms with van der Waals surface area (Å²) in [6, 6.07) is 1.85. The van der Waals surface area contributed by atoms with Crippen molar-refractivity contribution in [3.63, 3.8) is 0 Å². The number of halogens is 3. The summed E-state index contributed by atoms with van der Waals surface area (Å²) in [7, 11) is 0. The molecule has 0 bridgehead atoms. The van der Waals surface area contributed by atoms with Gasteiger partial charge in [0.25, 0.3) is 0 Å². The number of nitrogens with one attached hydrogen (secondary N) is 1. The maximum Gasteiger partial charge on any atom is 0.471 e. The molecule has 1 heterocycles. The van der Waals surface area contributed by atoms with Gasteiger partial charge in [-0.1, -0.05) is 6.92 Å². The third kappa shape index (κ3) is 3.23. The Hall–Kier alpha value is -1.04. The average Bonchev–Trinajstić information content (AvgIpc) is 2.59. The fourth-order valence-electron chi connectivity index (χ4n) is 1.10. The summed E-state index contributed by atoms with van der Waals surface area (Å²) < 4.78 is 35.6. The standard InChI is InChI=1S/C9H10F3NOS/c1-2-6-3-4-15-7(6)5-13-8(14)9(10,11)12/h3-4H,2,5H2,1H3,(H,13,14). The van der Waals surface area contributed by atoms with E-state index in [9.17, 15) is 18.0 Å². The number of alkyl halides is 3. The van der Waals surface area contributed by atoms with Crippen molar-refractivity contribution in [1.82, 2.24) is 5.32 Å². The molecule has 6 heteroatoms. The molecule has 1 amide bonds. The van der Waals surface area contributed by atoms with Crippen LogP contribution in [0, 0.1) is 0 Å². The van der Waals surface area contributed by atoms with Crippen molar-refractivity contribution in [2.24, 2.45) is 0 Å². The van der Waals surface area contributed by atoms with E-state index in [2.05, 4.69) is 0 Å². The Balaban J connectivity index is 2.54. The highest BCUT2D eigenvalue weighted by molar-refractivity contribution is 7.10. The van der Waals surface area contributed by atoms with Crippen LogP contribution in [0.25, 0.3) is 0 Å². The van der Waals surface area contributed by atoms with Crippen molar-refractivity contribution >= 4 is 17.2 Å². The van der Waals surface area contributed by atoms with Gasteiger partial charge in [-0.05, 0) is 23.4 Å². The van der Waals surface area contributed by atoms with Crippen LogP contribution in [0.1, 0.15) is 17.4 Å². The molecule has 1 rings (SSSR count). The second kappa shape index (κ2) is 4.65. The smallest absolute Gasteiger partial charge is 0.343 e. The summed E-state index contributed by atoms with van der Waals surface area (Å²) in [6.45, 7) is 1.86. The van der Waals surface area contributed by atoms with Gasteiger partial charge < -0.3 is 5.32 Å². The molecule has 0 saturated carbocycles. The Kier molecular flexibility index (Phi) is 3.73. The maximum absolute atomic E-state index is 11.9. The highest BCUT2D eigenvalue weighted by Crippen LogP contribution is 2.18. The molecule has 15 heavy (non-hydrogen) atoms. The molecule has 0 fully saturated rings. The van der Waals surface area contributed by atoms with Crippen molar-refractivity contribution in [3.05, 3.63) is 21.9 Å². The molecule has 1 aromatic heterocycles.